The van der Waals surface area contributed by atoms with E-state index in [-0.39, 0.29) is 18.4 Å². The first-order chi connectivity index (χ1) is 14.1. The fourth-order valence-electron chi connectivity index (χ4n) is 3.50. The molecule has 154 valence electrons. The van der Waals surface area contributed by atoms with Gasteiger partial charge in [-0.3, -0.25) is 9.59 Å². The van der Waals surface area contributed by atoms with Crippen LogP contribution in [0.2, 0.25) is 0 Å². The van der Waals surface area contributed by atoms with Gasteiger partial charge in [0, 0.05) is 23.0 Å². The van der Waals surface area contributed by atoms with Gasteiger partial charge in [-0.05, 0) is 61.4 Å². The molecular weight excluding hydrogens is 366 g/mol. The highest BCUT2D eigenvalue weighted by Crippen LogP contribution is 2.18. The topological polar surface area (TPSA) is 79.5 Å². The highest BCUT2D eigenvalue weighted by atomic mass is 16.5. The second kappa shape index (κ2) is 10.5. The first-order valence-corrected chi connectivity index (χ1v) is 10.2. The summed E-state index contributed by atoms with van der Waals surface area (Å²) in [5.74, 6) is 0.563. The van der Waals surface area contributed by atoms with Crippen molar-refractivity contribution in [1.82, 2.24) is 5.32 Å². The minimum Gasteiger partial charge on any atom is -0.497 e. The molecule has 0 atom stereocenters. The van der Waals surface area contributed by atoms with Crippen molar-refractivity contribution in [1.29, 1.82) is 0 Å². The molecule has 0 aliphatic heterocycles. The van der Waals surface area contributed by atoms with Crippen molar-refractivity contribution >= 4 is 23.2 Å². The van der Waals surface area contributed by atoms with Crippen molar-refractivity contribution in [2.45, 2.75) is 44.6 Å². The van der Waals surface area contributed by atoms with Gasteiger partial charge in [-0.25, -0.2) is 0 Å². The van der Waals surface area contributed by atoms with Crippen LogP contribution in [0.3, 0.4) is 0 Å². The van der Waals surface area contributed by atoms with Crippen molar-refractivity contribution in [3.05, 3.63) is 54.1 Å². The fourth-order valence-corrected chi connectivity index (χ4v) is 3.50. The van der Waals surface area contributed by atoms with Gasteiger partial charge in [0.25, 0.3) is 5.91 Å². The van der Waals surface area contributed by atoms with Crippen molar-refractivity contribution < 1.29 is 14.3 Å². The van der Waals surface area contributed by atoms with Gasteiger partial charge in [0.2, 0.25) is 5.91 Å². The summed E-state index contributed by atoms with van der Waals surface area (Å²) in [7, 11) is 1.60. The van der Waals surface area contributed by atoms with Crippen LogP contribution in [0.15, 0.2) is 48.5 Å². The lowest BCUT2D eigenvalue weighted by molar-refractivity contribution is -0.120. The summed E-state index contributed by atoms with van der Waals surface area (Å²) in [6.45, 7) is 0.230. The molecule has 2 aromatic carbocycles. The van der Waals surface area contributed by atoms with E-state index in [1.54, 1.807) is 43.5 Å². The van der Waals surface area contributed by atoms with Crippen LogP contribution in [0.25, 0.3) is 0 Å². The summed E-state index contributed by atoms with van der Waals surface area (Å²) in [5, 5.41) is 9.09. The number of rotatable bonds is 7. The maximum absolute atomic E-state index is 12.4. The number of carbonyl (C=O) groups excluding carboxylic acids is 2. The number of anilines is 2. The number of amides is 2. The molecule has 2 amide bonds. The zero-order chi connectivity index (χ0) is 20.5. The van der Waals surface area contributed by atoms with Gasteiger partial charge in [-0.15, -0.1) is 0 Å². The number of ether oxygens (including phenoxy) is 1. The van der Waals surface area contributed by atoms with E-state index in [9.17, 15) is 9.59 Å². The van der Waals surface area contributed by atoms with Crippen molar-refractivity contribution in [2.75, 3.05) is 24.3 Å². The van der Waals surface area contributed by atoms with Gasteiger partial charge >= 0.3 is 0 Å². The Morgan fingerprint density at radius 3 is 2.14 bits per heavy atom. The van der Waals surface area contributed by atoms with Gasteiger partial charge < -0.3 is 20.7 Å². The Morgan fingerprint density at radius 1 is 0.897 bits per heavy atom. The number of methoxy groups -OCH3 is 1. The smallest absolute Gasteiger partial charge is 0.255 e. The molecule has 0 saturated heterocycles. The molecule has 6 heteroatoms. The Hall–Kier alpha value is -3.02. The average molecular weight is 396 g/mol. The summed E-state index contributed by atoms with van der Waals surface area (Å²) >= 11 is 0. The Balaban J connectivity index is 1.46. The summed E-state index contributed by atoms with van der Waals surface area (Å²) in [6.07, 6.45) is 7.07. The van der Waals surface area contributed by atoms with E-state index in [1.165, 1.54) is 25.7 Å². The molecule has 1 aliphatic carbocycles. The highest BCUT2D eigenvalue weighted by Gasteiger charge is 2.14. The molecule has 3 N–H and O–H groups in total. The molecule has 0 aromatic heterocycles. The predicted molar refractivity (Wildman–Crippen MR) is 116 cm³/mol. The molecule has 0 heterocycles. The molecule has 2 aromatic rings. The normalized spacial score (nSPS) is 14.5. The molecular formula is C23H29N3O3. The number of hydrogen-bond donors (Lipinski definition) is 3. The van der Waals surface area contributed by atoms with Crippen LogP contribution in [-0.2, 0) is 4.79 Å². The van der Waals surface area contributed by atoms with Crippen LogP contribution >= 0.6 is 0 Å². The molecule has 1 fully saturated rings. The third-order valence-electron chi connectivity index (χ3n) is 5.17. The third kappa shape index (κ3) is 6.52. The predicted octanol–water partition coefficient (Wildman–Crippen LogP) is 4.20. The van der Waals surface area contributed by atoms with Gasteiger partial charge in [-0.2, -0.15) is 0 Å². The lowest BCUT2D eigenvalue weighted by Gasteiger charge is -2.16. The second-order valence-corrected chi connectivity index (χ2v) is 7.37. The van der Waals surface area contributed by atoms with Gasteiger partial charge in [0.15, 0.2) is 0 Å². The quantitative estimate of drug-likeness (QED) is 0.614. The number of nitrogens with one attached hydrogen (secondary N) is 3. The van der Waals surface area contributed by atoms with Crippen LogP contribution in [0.1, 0.15) is 48.9 Å². The first kappa shape index (κ1) is 20.7. The van der Waals surface area contributed by atoms with Crippen LogP contribution in [0, 0.1) is 0 Å². The number of carbonyl (C=O) groups is 2. The molecule has 1 aliphatic rings. The SMILES string of the molecule is COc1ccc(NC(=O)c2ccc(NCC(=O)NC3CCCCCC3)cc2)cc1. The van der Waals surface area contributed by atoms with Gasteiger partial charge in [-0.1, -0.05) is 25.7 Å². The molecule has 0 unspecified atom stereocenters. The van der Waals surface area contributed by atoms with Crippen LogP contribution in [0.4, 0.5) is 11.4 Å². The van der Waals surface area contributed by atoms with E-state index in [2.05, 4.69) is 16.0 Å². The Kier molecular flexibility index (Phi) is 7.50. The van der Waals surface area contributed by atoms with E-state index >= 15 is 0 Å². The summed E-state index contributed by atoms with van der Waals surface area (Å²) in [6, 6.07) is 14.6. The molecule has 0 radical (unpaired) electrons. The molecule has 29 heavy (non-hydrogen) atoms. The van der Waals surface area contributed by atoms with Crippen LogP contribution < -0.4 is 20.7 Å². The summed E-state index contributed by atoms with van der Waals surface area (Å²) in [4.78, 5) is 24.5. The van der Waals surface area contributed by atoms with E-state index < -0.39 is 0 Å². The summed E-state index contributed by atoms with van der Waals surface area (Å²) in [5.41, 5.74) is 2.06. The van der Waals surface area contributed by atoms with Crippen LogP contribution in [0.5, 0.6) is 5.75 Å². The molecule has 0 spiro atoms. The molecule has 1 saturated carbocycles. The summed E-state index contributed by atoms with van der Waals surface area (Å²) < 4.78 is 5.11. The zero-order valence-electron chi connectivity index (χ0n) is 16.9. The molecule has 0 bridgehead atoms. The monoisotopic (exact) mass is 395 g/mol. The highest BCUT2D eigenvalue weighted by molar-refractivity contribution is 6.04. The average Bonchev–Trinajstić information content (AvgIpc) is 3.02. The fraction of sp³-hybridized carbons (Fsp3) is 0.391. The zero-order valence-corrected chi connectivity index (χ0v) is 16.9. The Morgan fingerprint density at radius 2 is 1.52 bits per heavy atom. The van der Waals surface area contributed by atoms with Crippen LogP contribution in [-0.4, -0.2) is 31.5 Å². The van der Waals surface area contributed by atoms with E-state index in [0.717, 1.165) is 24.3 Å². The van der Waals surface area contributed by atoms with Gasteiger partial charge in [0.1, 0.15) is 5.75 Å². The Labute approximate surface area is 172 Å². The van der Waals surface area contributed by atoms with E-state index in [0.29, 0.717) is 17.3 Å². The standard InChI is InChI=1S/C23H29N3O3/c1-29-21-14-12-20(13-15-21)26-23(28)17-8-10-18(11-9-17)24-16-22(27)25-19-6-4-2-3-5-7-19/h8-15,19,24H,2-7,16H2,1H3,(H,25,27)(H,26,28). The lowest BCUT2D eigenvalue weighted by Crippen LogP contribution is -2.38. The number of benzene rings is 2. The van der Waals surface area contributed by atoms with Crippen molar-refractivity contribution in [2.24, 2.45) is 0 Å². The van der Waals surface area contributed by atoms with E-state index in [4.69, 9.17) is 4.74 Å². The molecule has 6 nitrogen and oxygen atoms in total. The van der Waals surface area contributed by atoms with Crippen molar-refractivity contribution in [3.8, 4) is 5.75 Å². The van der Waals surface area contributed by atoms with E-state index in [1.807, 2.05) is 12.1 Å². The van der Waals surface area contributed by atoms with Gasteiger partial charge in [0.05, 0.1) is 13.7 Å². The maximum Gasteiger partial charge on any atom is 0.255 e. The maximum atomic E-state index is 12.4. The lowest BCUT2D eigenvalue weighted by atomic mass is 10.1. The first-order valence-electron chi connectivity index (χ1n) is 10.2. The largest absolute Gasteiger partial charge is 0.497 e. The Bertz CT molecular complexity index is 795. The van der Waals surface area contributed by atoms with Crippen molar-refractivity contribution in [3.63, 3.8) is 0 Å². The minimum absolute atomic E-state index is 0.0122. The third-order valence-corrected chi connectivity index (χ3v) is 5.17. The second-order valence-electron chi connectivity index (χ2n) is 7.37. The number of hydrogen-bond acceptors (Lipinski definition) is 4. The molecule has 3 rings (SSSR count). The minimum atomic E-state index is -0.187.